The number of rotatable bonds is 9. The molecule has 3 rings (SSSR count). The van der Waals surface area contributed by atoms with Gasteiger partial charge in [0.25, 0.3) is 0 Å². The van der Waals surface area contributed by atoms with Gasteiger partial charge in [-0.25, -0.2) is 8.42 Å². The van der Waals surface area contributed by atoms with Gasteiger partial charge in [-0.15, -0.1) is 0 Å². The lowest BCUT2D eigenvalue weighted by Crippen LogP contribution is -2.37. The molecule has 0 atom stereocenters. The van der Waals surface area contributed by atoms with Crippen LogP contribution in [-0.2, 0) is 34.2 Å². The first-order valence-electron chi connectivity index (χ1n) is 11.1. The van der Waals surface area contributed by atoms with Crippen LogP contribution < -0.4 is 5.32 Å². The summed E-state index contributed by atoms with van der Waals surface area (Å²) in [6, 6.07) is 17.5. The first kappa shape index (κ1) is 26.4. The number of sulfonamides is 1. The molecule has 0 aromatic heterocycles. The van der Waals surface area contributed by atoms with Crippen LogP contribution in [0.25, 0.3) is 0 Å². The molecule has 3 aromatic carbocycles. The van der Waals surface area contributed by atoms with Crippen LogP contribution in [0.2, 0.25) is 5.02 Å². The minimum atomic E-state index is -3.95. The number of anilines is 1. The molecule has 1 N–H and O–H groups in total. The van der Waals surface area contributed by atoms with E-state index in [4.69, 9.17) is 11.6 Å². The van der Waals surface area contributed by atoms with E-state index in [0.717, 1.165) is 45.3 Å². The third kappa shape index (κ3) is 6.48. The van der Waals surface area contributed by atoms with Gasteiger partial charge in [-0.3, -0.25) is 4.79 Å². The molecule has 3 aromatic rings. The summed E-state index contributed by atoms with van der Waals surface area (Å²) in [5, 5.41) is 3.42. The lowest BCUT2D eigenvalue weighted by Gasteiger charge is -2.23. The fourth-order valence-corrected chi connectivity index (χ4v) is 5.84. The monoisotopic (exact) mass is 562 g/mol. The lowest BCUT2D eigenvalue weighted by molar-refractivity contribution is -0.116. The number of carbonyl (C=O) groups excluding carboxylic acids is 1. The van der Waals surface area contributed by atoms with Crippen molar-refractivity contribution >= 4 is 49.1 Å². The van der Waals surface area contributed by atoms with Crippen LogP contribution in [0.15, 0.2) is 70.0 Å². The van der Waals surface area contributed by atoms with Gasteiger partial charge in [0.1, 0.15) is 0 Å². The van der Waals surface area contributed by atoms with Gasteiger partial charge in [-0.05, 0) is 72.9 Å². The molecular formula is C26H28BrClN2O3S. The van der Waals surface area contributed by atoms with E-state index in [2.05, 4.69) is 21.2 Å². The molecule has 5 nitrogen and oxygen atoms in total. The quantitative estimate of drug-likeness (QED) is 0.329. The van der Waals surface area contributed by atoms with Crippen LogP contribution in [0.1, 0.15) is 36.1 Å². The van der Waals surface area contributed by atoms with E-state index in [1.54, 1.807) is 0 Å². The number of aryl methyl sites for hydroxylation is 3. The Balaban J connectivity index is 1.94. The molecule has 180 valence electrons. The fraction of sp³-hybridized carbons (Fsp3) is 0.269. The zero-order chi connectivity index (χ0) is 24.9. The van der Waals surface area contributed by atoms with Crippen LogP contribution in [0.4, 0.5) is 5.69 Å². The number of halogens is 2. The molecule has 0 spiro atoms. The molecule has 0 saturated carbocycles. The van der Waals surface area contributed by atoms with Crippen molar-refractivity contribution in [3.63, 3.8) is 0 Å². The highest BCUT2D eigenvalue weighted by Gasteiger charge is 2.27. The van der Waals surface area contributed by atoms with Crippen molar-refractivity contribution in [3.8, 4) is 0 Å². The van der Waals surface area contributed by atoms with E-state index >= 15 is 0 Å². The Morgan fingerprint density at radius 3 is 2.18 bits per heavy atom. The highest BCUT2D eigenvalue weighted by molar-refractivity contribution is 9.10. The Hall–Kier alpha value is -2.19. The predicted molar refractivity (Wildman–Crippen MR) is 142 cm³/mol. The third-order valence-electron chi connectivity index (χ3n) is 5.51. The SMILES string of the molecule is CCc1cc(Br)cc(CC)c1NC(=O)CN(Cc1cccc(C)c1)S(=O)(=O)c1ccc(Cl)cc1. The highest BCUT2D eigenvalue weighted by atomic mass is 79.9. The Bertz CT molecular complexity index is 1250. The van der Waals surface area contributed by atoms with E-state index in [0.29, 0.717) is 5.02 Å². The van der Waals surface area contributed by atoms with Crippen LogP contribution >= 0.6 is 27.5 Å². The van der Waals surface area contributed by atoms with E-state index in [1.807, 2.05) is 57.2 Å². The first-order valence-corrected chi connectivity index (χ1v) is 13.7. The second kappa shape index (κ2) is 11.5. The first-order chi connectivity index (χ1) is 16.1. The maximum Gasteiger partial charge on any atom is 0.243 e. The summed E-state index contributed by atoms with van der Waals surface area (Å²) in [6.07, 6.45) is 1.47. The number of hydrogen-bond acceptors (Lipinski definition) is 3. The molecule has 1 amide bonds. The molecule has 0 heterocycles. The highest BCUT2D eigenvalue weighted by Crippen LogP contribution is 2.28. The van der Waals surface area contributed by atoms with Crippen molar-refractivity contribution in [1.29, 1.82) is 0 Å². The molecule has 0 fully saturated rings. The molecule has 0 aliphatic rings. The minimum absolute atomic E-state index is 0.0711. The normalized spacial score (nSPS) is 11.6. The van der Waals surface area contributed by atoms with E-state index in [9.17, 15) is 13.2 Å². The Kier molecular flexibility index (Phi) is 8.93. The summed E-state index contributed by atoms with van der Waals surface area (Å²) in [6.45, 7) is 5.74. The second-order valence-corrected chi connectivity index (χ2v) is 11.4. The molecule has 34 heavy (non-hydrogen) atoms. The number of carbonyl (C=O) groups is 1. The smallest absolute Gasteiger partial charge is 0.243 e. The van der Waals surface area contributed by atoms with Crippen LogP contribution in [0.3, 0.4) is 0 Å². The third-order valence-corrected chi connectivity index (χ3v) is 8.02. The summed E-state index contributed by atoms with van der Waals surface area (Å²) in [5.74, 6) is -0.392. The zero-order valence-electron chi connectivity index (χ0n) is 19.4. The molecule has 0 saturated heterocycles. The van der Waals surface area contributed by atoms with Gasteiger partial charge in [-0.1, -0.05) is 71.2 Å². The standard InChI is InChI=1S/C26H28BrClN2O3S/c1-4-20-14-22(27)15-21(5-2)26(20)29-25(31)17-30(16-19-8-6-7-18(3)13-19)34(32,33)24-11-9-23(28)10-12-24/h6-15H,4-5,16-17H2,1-3H3,(H,29,31). The number of nitrogens with zero attached hydrogens (tertiary/aromatic N) is 1. The molecule has 0 aliphatic heterocycles. The molecular weight excluding hydrogens is 536 g/mol. The Morgan fingerprint density at radius 2 is 1.62 bits per heavy atom. The van der Waals surface area contributed by atoms with Gasteiger partial charge in [0.2, 0.25) is 15.9 Å². The van der Waals surface area contributed by atoms with E-state index in [-0.39, 0.29) is 18.0 Å². The maximum absolute atomic E-state index is 13.5. The summed E-state index contributed by atoms with van der Waals surface area (Å²) >= 11 is 9.48. The number of amides is 1. The fourth-order valence-electron chi connectivity index (χ4n) is 3.78. The maximum atomic E-state index is 13.5. The van der Waals surface area contributed by atoms with Gasteiger partial charge in [0.05, 0.1) is 11.4 Å². The van der Waals surface area contributed by atoms with Crippen molar-refractivity contribution in [2.24, 2.45) is 0 Å². The lowest BCUT2D eigenvalue weighted by atomic mass is 10.0. The molecule has 0 radical (unpaired) electrons. The topological polar surface area (TPSA) is 66.5 Å². The van der Waals surface area contributed by atoms with E-state index in [1.165, 1.54) is 28.6 Å². The predicted octanol–water partition coefficient (Wildman–Crippen LogP) is 6.37. The van der Waals surface area contributed by atoms with Crippen LogP contribution in [0.5, 0.6) is 0 Å². The van der Waals surface area contributed by atoms with Gasteiger partial charge in [-0.2, -0.15) is 4.31 Å². The Morgan fingerprint density at radius 1 is 1.00 bits per heavy atom. The summed E-state index contributed by atoms with van der Waals surface area (Å²) in [4.78, 5) is 13.3. The molecule has 8 heteroatoms. The van der Waals surface area contributed by atoms with Crippen molar-refractivity contribution in [3.05, 3.63) is 92.4 Å². The van der Waals surface area contributed by atoms with E-state index < -0.39 is 15.9 Å². The molecule has 0 unspecified atom stereocenters. The average molecular weight is 564 g/mol. The van der Waals surface area contributed by atoms with Crippen molar-refractivity contribution in [2.45, 2.75) is 45.1 Å². The number of nitrogens with one attached hydrogen (secondary N) is 1. The Labute approximate surface area is 215 Å². The largest absolute Gasteiger partial charge is 0.324 e. The van der Waals surface area contributed by atoms with Gasteiger partial charge in [0.15, 0.2) is 0 Å². The number of benzene rings is 3. The average Bonchev–Trinajstić information content (AvgIpc) is 2.79. The minimum Gasteiger partial charge on any atom is -0.324 e. The summed E-state index contributed by atoms with van der Waals surface area (Å²) in [5.41, 5.74) is 4.55. The second-order valence-electron chi connectivity index (χ2n) is 8.07. The van der Waals surface area contributed by atoms with Crippen molar-refractivity contribution < 1.29 is 13.2 Å². The van der Waals surface area contributed by atoms with Crippen LogP contribution in [-0.4, -0.2) is 25.2 Å². The van der Waals surface area contributed by atoms with Crippen molar-refractivity contribution in [1.82, 2.24) is 4.31 Å². The van der Waals surface area contributed by atoms with Gasteiger partial charge < -0.3 is 5.32 Å². The molecule has 0 aliphatic carbocycles. The molecule has 0 bridgehead atoms. The van der Waals surface area contributed by atoms with Crippen molar-refractivity contribution in [2.75, 3.05) is 11.9 Å². The van der Waals surface area contributed by atoms with Gasteiger partial charge in [0, 0.05) is 21.7 Å². The zero-order valence-corrected chi connectivity index (χ0v) is 22.6. The number of hydrogen-bond donors (Lipinski definition) is 1. The van der Waals surface area contributed by atoms with Crippen LogP contribution in [0, 0.1) is 6.92 Å². The summed E-state index contributed by atoms with van der Waals surface area (Å²) < 4.78 is 29.2. The van der Waals surface area contributed by atoms with Gasteiger partial charge >= 0.3 is 0 Å². The summed E-state index contributed by atoms with van der Waals surface area (Å²) in [7, 11) is -3.95.